The van der Waals surface area contributed by atoms with Crippen LogP contribution >= 0.6 is 11.3 Å². The number of thiophene rings is 1. The van der Waals surface area contributed by atoms with Crippen molar-refractivity contribution in [3.05, 3.63) is 113 Å². The minimum atomic E-state index is -0.256. The first-order valence-electron chi connectivity index (χ1n) is 9.78. The van der Waals surface area contributed by atoms with E-state index in [0.717, 1.165) is 26.4 Å². The normalized spacial score (nSPS) is 11.0. The van der Waals surface area contributed by atoms with Crippen LogP contribution in [0.3, 0.4) is 0 Å². The van der Waals surface area contributed by atoms with Gasteiger partial charge >= 0.3 is 0 Å². The minimum absolute atomic E-state index is 0.0857. The fourth-order valence-electron chi connectivity index (χ4n) is 3.10. The molecule has 0 N–H and O–H groups in total. The summed E-state index contributed by atoms with van der Waals surface area (Å²) in [5.74, 6) is -0.341. The highest BCUT2D eigenvalue weighted by Gasteiger charge is 2.13. The maximum Gasteiger partial charge on any atom is 0.247 e. The van der Waals surface area contributed by atoms with E-state index in [-0.39, 0.29) is 11.7 Å². The Morgan fingerprint density at radius 1 is 0.903 bits per heavy atom. The Morgan fingerprint density at radius 3 is 2.42 bits per heavy atom. The van der Waals surface area contributed by atoms with Gasteiger partial charge in [-0.05, 0) is 65.2 Å². The third-order valence-corrected chi connectivity index (χ3v) is 5.78. The summed E-state index contributed by atoms with van der Waals surface area (Å²) in [6.07, 6.45) is 10.3. The van der Waals surface area contributed by atoms with Crippen molar-refractivity contribution in [2.75, 3.05) is 0 Å². The van der Waals surface area contributed by atoms with Gasteiger partial charge in [-0.1, -0.05) is 18.2 Å². The van der Waals surface area contributed by atoms with Gasteiger partial charge < -0.3 is 4.90 Å². The number of benzene rings is 1. The standard InChI is InChI=1S/C25H20FN3OS/c26-22-5-3-21(4-6-22)24-9-7-23(31-24)8-10-25(30)29(17-19-11-14-27-15-12-19)18-20-2-1-13-28-16-20/h1-16H,17-18H2. The lowest BCUT2D eigenvalue weighted by Gasteiger charge is -2.21. The lowest BCUT2D eigenvalue weighted by atomic mass is 10.2. The molecule has 0 saturated heterocycles. The average Bonchev–Trinajstić information content (AvgIpc) is 3.28. The van der Waals surface area contributed by atoms with Gasteiger partial charge in [-0.2, -0.15) is 0 Å². The molecule has 0 aliphatic heterocycles. The highest BCUT2D eigenvalue weighted by molar-refractivity contribution is 7.16. The Morgan fingerprint density at radius 2 is 1.68 bits per heavy atom. The molecule has 0 bridgehead atoms. The van der Waals surface area contributed by atoms with Crippen LogP contribution in [0.1, 0.15) is 16.0 Å². The van der Waals surface area contributed by atoms with Crippen molar-refractivity contribution >= 4 is 23.3 Å². The van der Waals surface area contributed by atoms with Gasteiger partial charge in [0.25, 0.3) is 0 Å². The quantitative estimate of drug-likeness (QED) is 0.360. The lowest BCUT2D eigenvalue weighted by molar-refractivity contribution is -0.127. The maximum atomic E-state index is 13.1. The molecule has 3 heterocycles. The van der Waals surface area contributed by atoms with E-state index in [2.05, 4.69) is 9.97 Å². The van der Waals surface area contributed by atoms with Crippen LogP contribution in [0.5, 0.6) is 0 Å². The van der Waals surface area contributed by atoms with Crippen molar-refractivity contribution in [1.29, 1.82) is 0 Å². The van der Waals surface area contributed by atoms with Crippen molar-refractivity contribution in [1.82, 2.24) is 14.9 Å². The number of carbonyl (C=O) groups is 1. The maximum absolute atomic E-state index is 13.1. The topological polar surface area (TPSA) is 46.1 Å². The van der Waals surface area contributed by atoms with Crippen LogP contribution in [0.2, 0.25) is 0 Å². The van der Waals surface area contributed by atoms with Gasteiger partial charge in [0.2, 0.25) is 5.91 Å². The fraction of sp³-hybridized carbons (Fsp3) is 0.0800. The molecule has 6 heteroatoms. The Bertz CT molecular complexity index is 1120. The number of rotatable bonds is 7. The molecular formula is C25H20FN3OS. The van der Waals surface area contributed by atoms with Gasteiger partial charge in [0.15, 0.2) is 0 Å². The Kier molecular flexibility index (Phi) is 6.59. The summed E-state index contributed by atoms with van der Waals surface area (Å²) in [7, 11) is 0. The number of amides is 1. The van der Waals surface area contributed by atoms with Gasteiger partial charge in [-0.3, -0.25) is 14.8 Å². The van der Waals surface area contributed by atoms with Gasteiger partial charge in [-0.25, -0.2) is 4.39 Å². The second-order valence-electron chi connectivity index (χ2n) is 6.95. The van der Waals surface area contributed by atoms with E-state index < -0.39 is 0 Å². The summed E-state index contributed by atoms with van der Waals surface area (Å²) in [6.45, 7) is 0.941. The van der Waals surface area contributed by atoms with Crippen LogP contribution in [0, 0.1) is 5.82 Å². The molecule has 0 atom stereocenters. The van der Waals surface area contributed by atoms with E-state index in [1.807, 2.05) is 42.5 Å². The molecule has 0 aliphatic rings. The molecule has 3 aromatic heterocycles. The third kappa shape index (κ3) is 5.71. The zero-order valence-corrected chi connectivity index (χ0v) is 17.5. The number of aromatic nitrogens is 2. The molecule has 154 valence electrons. The van der Waals surface area contributed by atoms with E-state index in [4.69, 9.17) is 0 Å². The van der Waals surface area contributed by atoms with Gasteiger partial charge in [0.1, 0.15) is 5.82 Å². The number of pyridine rings is 2. The second-order valence-corrected chi connectivity index (χ2v) is 8.07. The number of carbonyl (C=O) groups excluding carboxylic acids is 1. The zero-order chi connectivity index (χ0) is 21.5. The van der Waals surface area contributed by atoms with E-state index in [1.54, 1.807) is 59.2 Å². The highest BCUT2D eigenvalue weighted by Crippen LogP contribution is 2.29. The first kappa shape index (κ1) is 20.6. The number of halogens is 1. The molecule has 0 radical (unpaired) electrons. The molecule has 0 unspecified atom stereocenters. The van der Waals surface area contributed by atoms with Crippen LogP contribution < -0.4 is 0 Å². The second kappa shape index (κ2) is 9.91. The molecule has 1 aromatic carbocycles. The highest BCUT2D eigenvalue weighted by atomic mass is 32.1. The van der Waals surface area contributed by atoms with E-state index in [1.165, 1.54) is 12.1 Å². The molecule has 4 rings (SSSR count). The van der Waals surface area contributed by atoms with E-state index >= 15 is 0 Å². The van der Waals surface area contributed by atoms with Gasteiger partial charge in [0, 0.05) is 53.7 Å². The SMILES string of the molecule is O=C(C=Cc1ccc(-c2ccc(F)cc2)s1)N(Cc1ccncc1)Cc1cccnc1. The number of nitrogens with zero attached hydrogens (tertiary/aromatic N) is 3. The van der Waals surface area contributed by atoms with Crippen LogP contribution in [-0.4, -0.2) is 20.8 Å². The minimum Gasteiger partial charge on any atom is -0.330 e. The molecule has 0 spiro atoms. The van der Waals surface area contributed by atoms with Crippen LogP contribution in [0.15, 0.2) is 91.5 Å². The summed E-state index contributed by atoms with van der Waals surface area (Å²) in [5, 5.41) is 0. The van der Waals surface area contributed by atoms with Crippen LogP contribution in [0.4, 0.5) is 4.39 Å². The smallest absolute Gasteiger partial charge is 0.247 e. The third-order valence-electron chi connectivity index (χ3n) is 4.68. The lowest BCUT2D eigenvalue weighted by Crippen LogP contribution is -2.28. The Labute approximate surface area is 184 Å². The number of hydrogen-bond acceptors (Lipinski definition) is 4. The van der Waals surface area contributed by atoms with E-state index in [9.17, 15) is 9.18 Å². The summed E-state index contributed by atoms with van der Waals surface area (Å²) in [6, 6.07) is 18.0. The monoisotopic (exact) mass is 429 g/mol. The van der Waals surface area contributed by atoms with Crippen molar-refractivity contribution in [3.8, 4) is 10.4 Å². The van der Waals surface area contributed by atoms with Gasteiger partial charge in [0.05, 0.1) is 0 Å². The summed E-state index contributed by atoms with van der Waals surface area (Å²) < 4.78 is 13.1. The van der Waals surface area contributed by atoms with Crippen molar-refractivity contribution < 1.29 is 9.18 Å². The van der Waals surface area contributed by atoms with Crippen molar-refractivity contribution in [2.45, 2.75) is 13.1 Å². The fourth-order valence-corrected chi connectivity index (χ4v) is 4.02. The molecule has 4 nitrogen and oxygen atoms in total. The summed E-state index contributed by atoms with van der Waals surface area (Å²) in [5.41, 5.74) is 2.93. The van der Waals surface area contributed by atoms with Crippen LogP contribution in [0.25, 0.3) is 16.5 Å². The Hall–Kier alpha value is -3.64. The average molecular weight is 430 g/mol. The molecule has 0 saturated carbocycles. The molecule has 4 aromatic rings. The first-order valence-corrected chi connectivity index (χ1v) is 10.6. The molecule has 0 aliphatic carbocycles. The molecule has 31 heavy (non-hydrogen) atoms. The predicted molar refractivity (Wildman–Crippen MR) is 121 cm³/mol. The predicted octanol–water partition coefficient (Wildman–Crippen LogP) is 5.59. The summed E-state index contributed by atoms with van der Waals surface area (Å²) in [4.78, 5) is 25.0. The molecule has 1 amide bonds. The first-order chi connectivity index (χ1) is 15.2. The van der Waals surface area contributed by atoms with Crippen molar-refractivity contribution in [3.63, 3.8) is 0 Å². The zero-order valence-electron chi connectivity index (χ0n) is 16.7. The number of hydrogen-bond donors (Lipinski definition) is 0. The van der Waals surface area contributed by atoms with Gasteiger partial charge in [-0.15, -0.1) is 11.3 Å². The summed E-state index contributed by atoms with van der Waals surface area (Å²) >= 11 is 1.56. The molecular weight excluding hydrogens is 409 g/mol. The Balaban J connectivity index is 1.50. The van der Waals surface area contributed by atoms with Crippen molar-refractivity contribution in [2.24, 2.45) is 0 Å². The molecule has 0 fully saturated rings. The van der Waals surface area contributed by atoms with Crippen LogP contribution in [-0.2, 0) is 17.9 Å². The largest absolute Gasteiger partial charge is 0.330 e. The van der Waals surface area contributed by atoms with E-state index in [0.29, 0.717) is 13.1 Å².